The van der Waals surface area contributed by atoms with Crippen LogP contribution in [-0.4, -0.2) is 29.2 Å². The summed E-state index contributed by atoms with van der Waals surface area (Å²) in [5.74, 6) is -1.59. The SMILES string of the molecule is Cc1cccc2c1C(=O)C1=C3OCC34C(=O)C(C(N)=O)=C(O)C[C@@H]4C[C@@H]1C2. The number of Topliss-reactive ketones (excluding diaryl/α,β-unsaturated/α-hetero) is 2. The van der Waals surface area contributed by atoms with Crippen molar-refractivity contribution in [3.8, 4) is 0 Å². The highest BCUT2D eigenvalue weighted by Crippen LogP contribution is 2.60. The van der Waals surface area contributed by atoms with Crippen LogP contribution in [0.1, 0.15) is 34.3 Å². The first-order valence-corrected chi connectivity index (χ1v) is 9.13. The Morgan fingerprint density at radius 3 is 2.74 bits per heavy atom. The third kappa shape index (κ3) is 1.83. The Balaban J connectivity index is 1.70. The molecule has 1 fully saturated rings. The standard InChI is InChI=1S/C21H19NO5/c1-9-3-2-4-10-5-11-6-12-7-13(23)16(20(22)26)18(25)21(12)8-27-19(21)15(11)17(24)14(9)10/h2-4,11-12,23H,5-8H2,1H3,(H2,22,26)/t11-,12-,21?/m0/s1. The molecule has 1 heterocycles. The molecule has 5 rings (SSSR count). The quantitative estimate of drug-likeness (QED) is 0.740. The molecule has 0 radical (unpaired) electrons. The van der Waals surface area contributed by atoms with Crippen molar-refractivity contribution in [1.29, 1.82) is 0 Å². The summed E-state index contributed by atoms with van der Waals surface area (Å²) in [6.45, 7) is 2.03. The third-order valence-corrected chi connectivity index (χ3v) is 6.67. The summed E-state index contributed by atoms with van der Waals surface area (Å²) >= 11 is 0. The monoisotopic (exact) mass is 365 g/mol. The van der Waals surface area contributed by atoms with E-state index in [9.17, 15) is 19.5 Å². The second-order valence-electron chi connectivity index (χ2n) is 7.99. The molecule has 1 aromatic carbocycles. The maximum absolute atomic E-state index is 13.3. The molecular weight excluding hydrogens is 346 g/mol. The molecule has 0 bridgehead atoms. The van der Waals surface area contributed by atoms with Crippen LogP contribution >= 0.6 is 0 Å². The van der Waals surface area contributed by atoms with Crippen LogP contribution in [0.2, 0.25) is 0 Å². The number of amides is 1. The van der Waals surface area contributed by atoms with Crippen LogP contribution in [0.25, 0.3) is 0 Å². The van der Waals surface area contributed by atoms with E-state index in [1.54, 1.807) is 0 Å². The highest BCUT2D eigenvalue weighted by molar-refractivity contribution is 6.23. The van der Waals surface area contributed by atoms with Crippen molar-refractivity contribution in [2.45, 2.75) is 26.2 Å². The molecule has 6 heteroatoms. The van der Waals surface area contributed by atoms with E-state index in [-0.39, 0.29) is 42.0 Å². The van der Waals surface area contributed by atoms with Crippen LogP contribution in [-0.2, 0) is 20.7 Å². The van der Waals surface area contributed by atoms with Gasteiger partial charge in [0, 0.05) is 17.6 Å². The summed E-state index contributed by atoms with van der Waals surface area (Å²) < 4.78 is 5.71. The average molecular weight is 365 g/mol. The fraction of sp³-hybridized carbons (Fsp3) is 0.381. The largest absolute Gasteiger partial charge is 0.511 e. The lowest BCUT2D eigenvalue weighted by atomic mass is 9.53. The maximum atomic E-state index is 13.3. The number of aryl methyl sites for hydroxylation is 1. The second-order valence-corrected chi connectivity index (χ2v) is 7.99. The minimum absolute atomic E-state index is 0.0454. The molecule has 3 aliphatic carbocycles. The molecule has 6 nitrogen and oxygen atoms in total. The fourth-order valence-electron chi connectivity index (χ4n) is 5.42. The first kappa shape index (κ1) is 16.3. The summed E-state index contributed by atoms with van der Waals surface area (Å²) in [5.41, 5.74) is 7.15. The van der Waals surface area contributed by atoms with Gasteiger partial charge < -0.3 is 15.6 Å². The maximum Gasteiger partial charge on any atom is 0.255 e. The van der Waals surface area contributed by atoms with Gasteiger partial charge in [-0.15, -0.1) is 0 Å². The molecular formula is C21H19NO5. The van der Waals surface area contributed by atoms with E-state index in [1.165, 1.54) is 0 Å². The average Bonchev–Trinajstić information content (AvgIpc) is 2.55. The van der Waals surface area contributed by atoms with E-state index in [0.29, 0.717) is 29.7 Å². The molecule has 3 N–H and O–H groups in total. The van der Waals surface area contributed by atoms with Crippen molar-refractivity contribution in [3.05, 3.63) is 57.6 Å². The highest BCUT2D eigenvalue weighted by Gasteiger charge is 2.65. The zero-order valence-corrected chi connectivity index (χ0v) is 14.9. The van der Waals surface area contributed by atoms with Gasteiger partial charge in [-0.3, -0.25) is 14.4 Å². The van der Waals surface area contributed by atoms with E-state index in [0.717, 1.165) is 11.1 Å². The van der Waals surface area contributed by atoms with Crippen LogP contribution in [0.3, 0.4) is 0 Å². The lowest BCUT2D eigenvalue weighted by molar-refractivity contribution is -0.154. The number of carbonyl (C=O) groups excluding carboxylic acids is 3. The molecule has 0 aromatic heterocycles. The molecule has 1 saturated heterocycles. The fourth-order valence-corrected chi connectivity index (χ4v) is 5.42. The molecule has 1 aromatic rings. The zero-order chi connectivity index (χ0) is 19.1. The van der Waals surface area contributed by atoms with Gasteiger partial charge in [-0.1, -0.05) is 18.2 Å². The Morgan fingerprint density at radius 2 is 2.07 bits per heavy atom. The van der Waals surface area contributed by atoms with Gasteiger partial charge in [0.2, 0.25) is 0 Å². The minimum atomic E-state index is -1.03. The number of benzene rings is 1. The Hall–Kier alpha value is -2.89. The van der Waals surface area contributed by atoms with Crippen LogP contribution < -0.4 is 5.73 Å². The van der Waals surface area contributed by atoms with Crippen molar-refractivity contribution < 1.29 is 24.2 Å². The highest BCUT2D eigenvalue weighted by atomic mass is 16.5. The van der Waals surface area contributed by atoms with Crippen LogP contribution in [0.4, 0.5) is 0 Å². The van der Waals surface area contributed by atoms with Gasteiger partial charge >= 0.3 is 0 Å². The molecule has 1 spiro atoms. The number of ketones is 2. The van der Waals surface area contributed by atoms with Gasteiger partial charge in [-0.05, 0) is 42.7 Å². The number of aliphatic hydroxyl groups is 1. The van der Waals surface area contributed by atoms with Gasteiger partial charge in [0.25, 0.3) is 5.91 Å². The van der Waals surface area contributed by atoms with Crippen LogP contribution in [0.15, 0.2) is 40.9 Å². The molecule has 138 valence electrons. The molecule has 1 aliphatic heterocycles. The smallest absolute Gasteiger partial charge is 0.255 e. The van der Waals surface area contributed by atoms with E-state index >= 15 is 0 Å². The summed E-state index contributed by atoms with van der Waals surface area (Å²) in [5, 5.41) is 10.2. The first-order valence-electron chi connectivity index (χ1n) is 9.13. The number of hydrogen-bond donors (Lipinski definition) is 2. The lowest BCUT2D eigenvalue weighted by Gasteiger charge is -2.55. The molecule has 1 amide bonds. The summed E-state index contributed by atoms with van der Waals surface area (Å²) in [7, 11) is 0. The summed E-state index contributed by atoms with van der Waals surface area (Å²) in [6.07, 6.45) is 1.51. The molecule has 3 atom stereocenters. The predicted molar refractivity (Wildman–Crippen MR) is 94.7 cm³/mol. The normalized spacial score (nSPS) is 31.3. The van der Waals surface area contributed by atoms with Gasteiger partial charge in [0.1, 0.15) is 29.1 Å². The third-order valence-electron chi connectivity index (χ3n) is 6.67. The van der Waals surface area contributed by atoms with Crippen LogP contribution in [0, 0.1) is 24.2 Å². The molecule has 0 saturated carbocycles. The summed E-state index contributed by atoms with van der Waals surface area (Å²) in [6, 6.07) is 5.83. The van der Waals surface area contributed by atoms with Crippen molar-refractivity contribution in [2.75, 3.05) is 6.61 Å². The van der Waals surface area contributed by atoms with Crippen LogP contribution in [0.5, 0.6) is 0 Å². The number of carbonyl (C=O) groups is 3. The Kier molecular flexibility index (Phi) is 3.07. The molecule has 27 heavy (non-hydrogen) atoms. The molecule has 1 unspecified atom stereocenters. The predicted octanol–water partition coefficient (Wildman–Crippen LogP) is 1.91. The van der Waals surface area contributed by atoms with Crippen molar-refractivity contribution in [1.82, 2.24) is 0 Å². The van der Waals surface area contributed by atoms with Crippen molar-refractivity contribution in [2.24, 2.45) is 23.0 Å². The van der Waals surface area contributed by atoms with Gasteiger partial charge in [-0.25, -0.2) is 0 Å². The number of hydrogen-bond acceptors (Lipinski definition) is 5. The van der Waals surface area contributed by atoms with E-state index in [1.807, 2.05) is 25.1 Å². The van der Waals surface area contributed by atoms with Gasteiger partial charge in [0.05, 0.1) is 0 Å². The van der Waals surface area contributed by atoms with E-state index in [2.05, 4.69) is 0 Å². The Morgan fingerprint density at radius 1 is 1.30 bits per heavy atom. The number of aliphatic hydroxyl groups excluding tert-OH is 1. The Bertz CT molecular complexity index is 1020. The minimum Gasteiger partial charge on any atom is -0.511 e. The topological polar surface area (TPSA) is 107 Å². The zero-order valence-electron chi connectivity index (χ0n) is 14.9. The van der Waals surface area contributed by atoms with Crippen molar-refractivity contribution >= 4 is 17.5 Å². The van der Waals surface area contributed by atoms with E-state index < -0.39 is 17.1 Å². The number of ether oxygens (including phenoxy) is 1. The van der Waals surface area contributed by atoms with Gasteiger partial charge in [-0.2, -0.15) is 0 Å². The number of allylic oxidation sites excluding steroid dienone is 2. The number of fused-ring (bicyclic) bond motifs is 2. The lowest BCUT2D eigenvalue weighted by Crippen LogP contribution is -2.60. The molecule has 4 aliphatic rings. The van der Waals surface area contributed by atoms with E-state index in [4.69, 9.17) is 10.5 Å². The number of primary amides is 1. The second kappa shape index (κ2) is 5.09. The first-order chi connectivity index (χ1) is 12.9. The van der Waals surface area contributed by atoms with Gasteiger partial charge in [0.15, 0.2) is 11.6 Å². The Labute approximate surface area is 155 Å². The van der Waals surface area contributed by atoms with Crippen molar-refractivity contribution in [3.63, 3.8) is 0 Å². The number of rotatable bonds is 1. The summed E-state index contributed by atoms with van der Waals surface area (Å²) in [4.78, 5) is 38.2. The number of nitrogens with two attached hydrogens (primary N) is 1.